The summed E-state index contributed by atoms with van der Waals surface area (Å²) in [6, 6.07) is 1.89. The first kappa shape index (κ1) is 15.8. The van der Waals surface area contributed by atoms with Gasteiger partial charge in [-0.1, -0.05) is 19.8 Å². The molecule has 6 nitrogen and oxygen atoms in total. The summed E-state index contributed by atoms with van der Waals surface area (Å²) in [6.45, 7) is 4.08. The number of rotatable bonds is 7. The van der Waals surface area contributed by atoms with Gasteiger partial charge in [0.15, 0.2) is 0 Å². The van der Waals surface area contributed by atoms with Gasteiger partial charge in [0.2, 0.25) is 5.95 Å². The summed E-state index contributed by atoms with van der Waals surface area (Å²) >= 11 is 0. The van der Waals surface area contributed by atoms with Crippen LogP contribution in [0.4, 0.5) is 17.6 Å². The van der Waals surface area contributed by atoms with Crippen LogP contribution in [0.15, 0.2) is 6.07 Å². The first-order valence-corrected chi connectivity index (χ1v) is 7.96. The van der Waals surface area contributed by atoms with Gasteiger partial charge in [0, 0.05) is 25.8 Å². The summed E-state index contributed by atoms with van der Waals surface area (Å²) in [5.41, 5.74) is 5.75. The summed E-state index contributed by atoms with van der Waals surface area (Å²) in [7, 11) is 0. The lowest BCUT2D eigenvalue weighted by molar-refractivity contribution is 0.141. The number of nitrogens with two attached hydrogens (primary N) is 1. The Labute approximate surface area is 126 Å². The van der Waals surface area contributed by atoms with Crippen molar-refractivity contribution < 1.29 is 5.11 Å². The van der Waals surface area contributed by atoms with Crippen molar-refractivity contribution in [2.45, 2.75) is 39.0 Å². The van der Waals surface area contributed by atoms with Crippen LogP contribution in [0, 0.1) is 11.8 Å². The summed E-state index contributed by atoms with van der Waals surface area (Å²) in [5, 5.41) is 16.0. The molecule has 1 aromatic heterocycles. The smallest absolute Gasteiger partial charge is 0.223 e. The Kier molecular flexibility index (Phi) is 6.04. The summed E-state index contributed by atoms with van der Waals surface area (Å²) < 4.78 is 0. The van der Waals surface area contributed by atoms with Crippen LogP contribution in [-0.4, -0.2) is 34.8 Å². The molecule has 6 heteroatoms. The fraction of sp³-hybridized carbons (Fsp3) is 0.733. The van der Waals surface area contributed by atoms with Crippen molar-refractivity contribution in [3.05, 3.63) is 6.07 Å². The molecule has 0 aromatic carbocycles. The first-order valence-electron chi connectivity index (χ1n) is 7.96. The van der Waals surface area contributed by atoms with E-state index in [0.29, 0.717) is 11.8 Å². The van der Waals surface area contributed by atoms with Gasteiger partial charge in [-0.05, 0) is 31.1 Å². The Morgan fingerprint density at radius 3 is 2.52 bits per heavy atom. The van der Waals surface area contributed by atoms with Crippen LogP contribution in [-0.2, 0) is 0 Å². The molecular formula is C15H27N5O. The van der Waals surface area contributed by atoms with Gasteiger partial charge in [-0.15, -0.1) is 0 Å². The molecule has 1 aromatic rings. The SMILES string of the molecule is CCCNc1cc(NCC2CCCCC2CO)nc(N)n1. The van der Waals surface area contributed by atoms with Crippen molar-refractivity contribution in [3.8, 4) is 0 Å². The lowest BCUT2D eigenvalue weighted by Gasteiger charge is -2.30. The second-order valence-corrected chi connectivity index (χ2v) is 5.79. The van der Waals surface area contributed by atoms with Crippen molar-refractivity contribution in [1.82, 2.24) is 9.97 Å². The molecule has 0 saturated heterocycles. The highest BCUT2D eigenvalue weighted by Gasteiger charge is 2.24. The predicted molar refractivity (Wildman–Crippen MR) is 86.2 cm³/mol. The third kappa shape index (κ3) is 4.74. The molecular weight excluding hydrogens is 266 g/mol. The van der Waals surface area contributed by atoms with E-state index in [1.165, 1.54) is 19.3 Å². The largest absolute Gasteiger partial charge is 0.396 e. The van der Waals surface area contributed by atoms with Crippen LogP contribution in [0.25, 0.3) is 0 Å². The van der Waals surface area contributed by atoms with Crippen LogP contribution in [0.5, 0.6) is 0 Å². The van der Waals surface area contributed by atoms with Gasteiger partial charge in [0.25, 0.3) is 0 Å². The molecule has 1 aliphatic rings. The van der Waals surface area contributed by atoms with Crippen molar-refractivity contribution >= 4 is 17.6 Å². The minimum Gasteiger partial charge on any atom is -0.396 e. The monoisotopic (exact) mass is 293 g/mol. The first-order chi connectivity index (χ1) is 10.2. The minimum atomic E-state index is 0.279. The highest BCUT2D eigenvalue weighted by molar-refractivity contribution is 5.50. The van der Waals surface area contributed by atoms with Gasteiger partial charge >= 0.3 is 0 Å². The van der Waals surface area contributed by atoms with Gasteiger partial charge < -0.3 is 21.5 Å². The topological polar surface area (TPSA) is 96.1 Å². The van der Waals surface area contributed by atoms with E-state index >= 15 is 0 Å². The molecule has 2 rings (SSSR count). The van der Waals surface area contributed by atoms with E-state index in [9.17, 15) is 5.11 Å². The maximum atomic E-state index is 9.46. The van der Waals surface area contributed by atoms with Crippen molar-refractivity contribution in [2.75, 3.05) is 36.1 Å². The van der Waals surface area contributed by atoms with Crippen molar-refractivity contribution in [2.24, 2.45) is 11.8 Å². The molecule has 0 amide bonds. The van der Waals surface area contributed by atoms with E-state index < -0.39 is 0 Å². The Morgan fingerprint density at radius 2 is 1.86 bits per heavy atom. The van der Waals surface area contributed by atoms with Crippen LogP contribution in [0.2, 0.25) is 0 Å². The number of aromatic nitrogens is 2. The molecule has 1 fully saturated rings. The van der Waals surface area contributed by atoms with Crippen LogP contribution in [0.3, 0.4) is 0 Å². The second kappa shape index (κ2) is 8.02. The molecule has 0 radical (unpaired) electrons. The quantitative estimate of drug-likeness (QED) is 0.615. The summed E-state index contributed by atoms with van der Waals surface area (Å²) in [6.07, 6.45) is 5.80. The van der Waals surface area contributed by atoms with Gasteiger partial charge in [0.05, 0.1) is 0 Å². The number of hydrogen-bond donors (Lipinski definition) is 4. The Bertz CT molecular complexity index is 440. The molecule has 118 valence electrons. The van der Waals surface area contributed by atoms with Gasteiger partial charge in [-0.2, -0.15) is 9.97 Å². The standard InChI is InChI=1S/C15H27N5O/c1-2-7-17-13-8-14(20-15(16)19-13)18-9-11-5-3-4-6-12(11)10-21/h8,11-12,21H,2-7,9-10H2,1H3,(H4,16,17,18,19,20). The maximum Gasteiger partial charge on any atom is 0.223 e. The zero-order chi connectivity index (χ0) is 15.1. The highest BCUT2D eigenvalue weighted by Crippen LogP contribution is 2.29. The van der Waals surface area contributed by atoms with E-state index in [-0.39, 0.29) is 12.6 Å². The van der Waals surface area contributed by atoms with Gasteiger partial charge in [0.1, 0.15) is 11.6 Å². The lowest BCUT2D eigenvalue weighted by atomic mass is 9.79. The number of anilines is 3. The Balaban J connectivity index is 1.93. The summed E-state index contributed by atoms with van der Waals surface area (Å²) in [4.78, 5) is 8.40. The molecule has 0 spiro atoms. The van der Waals surface area contributed by atoms with E-state index in [0.717, 1.165) is 37.6 Å². The van der Waals surface area contributed by atoms with E-state index in [1.807, 2.05) is 6.07 Å². The average Bonchev–Trinajstić information content (AvgIpc) is 2.50. The molecule has 1 saturated carbocycles. The minimum absolute atomic E-state index is 0.279. The average molecular weight is 293 g/mol. The lowest BCUT2D eigenvalue weighted by Crippen LogP contribution is -2.28. The van der Waals surface area contributed by atoms with Crippen molar-refractivity contribution in [3.63, 3.8) is 0 Å². The van der Waals surface area contributed by atoms with E-state index in [2.05, 4.69) is 27.5 Å². The number of nitrogen functional groups attached to an aromatic ring is 1. The zero-order valence-corrected chi connectivity index (χ0v) is 12.8. The molecule has 2 atom stereocenters. The van der Waals surface area contributed by atoms with Crippen LogP contribution >= 0.6 is 0 Å². The Morgan fingerprint density at radius 1 is 1.19 bits per heavy atom. The fourth-order valence-corrected chi connectivity index (χ4v) is 2.93. The third-order valence-electron chi connectivity index (χ3n) is 4.15. The number of aliphatic hydroxyl groups excluding tert-OH is 1. The zero-order valence-electron chi connectivity index (χ0n) is 12.8. The van der Waals surface area contributed by atoms with E-state index in [1.54, 1.807) is 0 Å². The normalized spacial score (nSPS) is 22.0. The number of nitrogens with one attached hydrogen (secondary N) is 2. The maximum absolute atomic E-state index is 9.46. The van der Waals surface area contributed by atoms with E-state index in [4.69, 9.17) is 5.73 Å². The molecule has 0 aliphatic heterocycles. The number of nitrogens with zero attached hydrogens (tertiary/aromatic N) is 2. The predicted octanol–water partition coefficient (Wildman–Crippen LogP) is 2.09. The molecule has 21 heavy (non-hydrogen) atoms. The third-order valence-corrected chi connectivity index (χ3v) is 4.15. The highest BCUT2D eigenvalue weighted by atomic mass is 16.3. The second-order valence-electron chi connectivity index (χ2n) is 5.79. The van der Waals surface area contributed by atoms with Gasteiger partial charge in [-0.3, -0.25) is 0 Å². The number of aliphatic hydroxyl groups is 1. The van der Waals surface area contributed by atoms with Crippen LogP contribution < -0.4 is 16.4 Å². The molecule has 2 unspecified atom stereocenters. The summed E-state index contributed by atoms with van der Waals surface area (Å²) in [5.74, 6) is 2.70. The fourth-order valence-electron chi connectivity index (χ4n) is 2.93. The van der Waals surface area contributed by atoms with Crippen molar-refractivity contribution in [1.29, 1.82) is 0 Å². The molecule has 0 bridgehead atoms. The number of hydrogen-bond acceptors (Lipinski definition) is 6. The molecule has 1 aliphatic carbocycles. The van der Waals surface area contributed by atoms with Gasteiger partial charge in [-0.25, -0.2) is 0 Å². The van der Waals surface area contributed by atoms with Crippen LogP contribution in [0.1, 0.15) is 39.0 Å². The Hall–Kier alpha value is -1.56. The molecule has 1 heterocycles. The molecule has 5 N–H and O–H groups in total.